The van der Waals surface area contributed by atoms with Gasteiger partial charge in [-0.05, 0) is 37.6 Å². The van der Waals surface area contributed by atoms with Gasteiger partial charge in [0, 0.05) is 5.69 Å². The third-order valence-corrected chi connectivity index (χ3v) is 3.51. The Kier molecular flexibility index (Phi) is 4.26. The normalized spacial score (nSPS) is 12.0. The van der Waals surface area contributed by atoms with Crippen molar-refractivity contribution < 1.29 is 18.0 Å². The molecule has 0 saturated carbocycles. The molecule has 1 amide bonds. The first-order valence-electron chi connectivity index (χ1n) is 6.75. The largest absolute Gasteiger partial charge is 0.416 e. The van der Waals surface area contributed by atoms with Crippen LogP contribution in [0.25, 0.3) is 0 Å². The molecule has 5 heteroatoms. The van der Waals surface area contributed by atoms with Gasteiger partial charge in [0.1, 0.15) is 0 Å². The zero-order valence-electron chi connectivity index (χ0n) is 12.2. The average molecular weight is 307 g/mol. The molecule has 0 aliphatic heterocycles. The quantitative estimate of drug-likeness (QED) is 0.880. The fourth-order valence-corrected chi connectivity index (χ4v) is 2.05. The minimum absolute atomic E-state index is 0.129. The number of amides is 1. The summed E-state index contributed by atoms with van der Waals surface area (Å²) in [7, 11) is 0. The third kappa shape index (κ3) is 3.47. The Labute approximate surface area is 127 Å². The maximum atomic E-state index is 12.7. The number of hydrogen-bond donors (Lipinski definition) is 1. The Morgan fingerprint density at radius 2 is 1.50 bits per heavy atom. The molecule has 2 nitrogen and oxygen atoms in total. The van der Waals surface area contributed by atoms with E-state index in [0.717, 1.165) is 17.7 Å². The number of carbonyl (C=O) groups is 1. The van der Waals surface area contributed by atoms with Crippen molar-refractivity contribution in [1.29, 1.82) is 0 Å². The molecule has 0 bridgehead atoms. The van der Waals surface area contributed by atoms with Gasteiger partial charge in [-0.1, -0.05) is 36.4 Å². The summed E-state index contributed by atoms with van der Waals surface area (Å²) >= 11 is 0. The molecule has 0 aliphatic carbocycles. The number of anilines is 1. The molecule has 0 atom stereocenters. The van der Waals surface area contributed by atoms with E-state index in [4.69, 9.17) is 0 Å². The van der Waals surface area contributed by atoms with Crippen LogP contribution in [0.5, 0.6) is 0 Å². The SMILES string of the molecule is CC(C)(C(=O)Nc1cccc(C(F)(F)F)c1)c1ccccc1. The van der Waals surface area contributed by atoms with E-state index in [1.165, 1.54) is 12.1 Å². The topological polar surface area (TPSA) is 29.1 Å². The van der Waals surface area contributed by atoms with E-state index < -0.39 is 17.2 Å². The fourth-order valence-electron chi connectivity index (χ4n) is 2.05. The van der Waals surface area contributed by atoms with Crippen LogP contribution in [-0.2, 0) is 16.4 Å². The molecule has 0 unspecified atom stereocenters. The number of hydrogen-bond acceptors (Lipinski definition) is 1. The molecule has 0 saturated heterocycles. The van der Waals surface area contributed by atoms with Crippen LogP contribution in [-0.4, -0.2) is 5.91 Å². The van der Waals surface area contributed by atoms with E-state index in [9.17, 15) is 18.0 Å². The molecule has 1 N–H and O–H groups in total. The van der Waals surface area contributed by atoms with Crippen molar-refractivity contribution in [2.45, 2.75) is 25.4 Å². The molecule has 0 fully saturated rings. The molecule has 0 aliphatic rings. The summed E-state index contributed by atoms with van der Waals surface area (Å²) in [5.41, 5.74) is -0.721. The molecule has 0 heterocycles. The van der Waals surface area contributed by atoms with E-state index in [-0.39, 0.29) is 11.6 Å². The summed E-state index contributed by atoms with van der Waals surface area (Å²) in [5, 5.41) is 2.55. The molecule has 22 heavy (non-hydrogen) atoms. The van der Waals surface area contributed by atoms with Crippen LogP contribution >= 0.6 is 0 Å². The lowest BCUT2D eigenvalue weighted by atomic mass is 9.83. The standard InChI is InChI=1S/C17H16F3NO/c1-16(2,12-7-4-3-5-8-12)15(22)21-14-10-6-9-13(11-14)17(18,19)20/h3-11H,1-2H3,(H,21,22). The van der Waals surface area contributed by atoms with E-state index in [1.807, 2.05) is 30.3 Å². The maximum Gasteiger partial charge on any atom is 0.416 e. The molecule has 2 aromatic carbocycles. The van der Waals surface area contributed by atoms with Crippen LogP contribution in [0.2, 0.25) is 0 Å². The zero-order chi connectivity index (χ0) is 16.4. The smallest absolute Gasteiger partial charge is 0.325 e. The van der Waals surface area contributed by atoms with Crippen molar-refractivity contribution in [2.75, 3.05) is 5.32 Å². The Morgan fingerprint density at radius 1 is 0.909 bits per heavy atom. The van der Waals surface area contributed by atoms with Crippen LogP contribution < -0.4 is 5.32 Å². The first-order valence-corrected chi connectivity index (χ1v) is 6.75. The summed E-state index contributed by atoms with van der Waals surface area (Å²) < 4.78 is 38.1. The van der Waals surface area contributed by atoms with Gasteiger partial charge in [0.2, 0.25) is 5.91 Å². The highest BCUT2D eigenvalue weighted by atomic mass is 19.4. The minimum atomic E-state index is -4.43. The van der Waals surface area contributed by atoms with Crippen LogP contribution in [0.15, 0.2) is 54.6 Å². The summed E-state index contributed by atoms with van der Waals surface area (Å²) in [6, 6.07) is 13.7. The molecule has 0 aromatic heterocycles. The highest BCUT2D eigenvalue weighted by Gasteiger charge is 2.32. The van der Waals surface area contributed by atoms with Gasteiger partial charge in [-0.15, -0.1) is 0 Å². The summed E-state index contributed by atoms with van der Waals surface area (Å²) in [6.45, 7) is 3.45. The predicted octanol–water partition coefficient (Wildman–Crippen LogP) is 4.62. The van der Waals surface area contributed by atoms with Crippen molar-refractivity contribution >= 4 is 11.6 Å². The molecule has 0 radical (unpaired) electrons. The lowest BCUT2D eigenvalue weighted by Crippen LogP contribution is -2.34. The number of benzene rings is 2. The zero-order valence-corrected chi connectivity index (χ0v) is 12.2. The molecular formula is C17H16F3NO. The molecule has 2 rings (SSSR count). The Morgan fingerprint density at radius 3 is 2.09 bits per heavy atom. The molecular weight excluding hydrogens is 291 g/mol. The van der Waals surface area contributed by atoms with Crippen LogP contribution in [0.3, 0.4) is 0 Å². The molecule has 0 spiro atoms. The van der Waals surface area contributed by atoms with Gasteiger partial charge in [-0.25, -0.2) is 0 Å². The monoisotopic (exact) mass is 307 g/mol. The highest BCUT2D eigenvalue weighted by molar-refractivity contribution is 5.98. The van der Waals surface area contributed by atoms with Crippen LogP contribution in [0.1, 0.15) is 25.0 Å². The van der Waals surface area contributed by atoms with Crippen molar-refractivity contribution in [3.05, 3.63) is 65.7 Å². The summed E-state index contributed by atoms with van der Waals surface area (Å²) in [6.07, 6.45) is -4.43. The maximum absolute atomic E-state index is 12.7. The summed E-state index contributed by atoms with van der Waals surface area (Å²) in [5.74, 6) is -0.363. The Balaban J connectivity index is 2.22. The second-order valence-electron chi connectivity index (χ2n) is 5.52. The number of carbonyl (C=O) groups excluding carboxylic acids is 1. The predicted molar refractivity (Wildman–Crippen MR) is 79.5 cm³/mol. The second-order valence-corrected chi connectivity index (χ2v) is 5.52. The van der Waals surface area contributed by atoms with Gasteiger partial charge in [0.15, 0.2) is 0 Å². The third-order valence-electron chi connectivity index (χ3n) is 3.51. The first kappa shape index (κ1) is 16.1. The van der Waals surface area contributed by atoms with E-state index >= 15 is 0 Å². The first-order chi connectivity index (χ1) is 10.2. The molecule has 2 aromatic rings. The van der Waals surface area contributed by atoms with Gasteiger partial charge in [0.25, 0.3) is 0 Å². The van der Waals surface area contributed by atoms with Gasteiger partial charge in [-0.3, -0.25) is 4.79 Å². The van der Waals surface area contributed by atoms with E-state index in [1.54, 1.807) is 13.8 Å². The number of halogens is 3. The fraction of sp³-hybridized carbons (Fsp3) is 0.235. The molecule has 116 valence electrons. The van der Waals surface area contributed by atoms with Crippen LogP contribution in [0.4, 0.5) is 18.9 Å². The van der Waals surface area contributed by atoms with Gasteiger partial charge in [0.05, 0.1) is 11.0 Å². The van der Waals surface area contributed by atoms with Crippen molar-refractivity contribution in [1.82, 2.24) is 0 Å². The van der Waals surface area contributed by atoms with E-state index in [0.29, 0.717) is 0 Å². The lowest BCUT2D eigenvalue weighted by molar-refractivity contribution is -0.137. The number of rotatable bonds is 3. The van der Waals surface area contributed by atoms with Gasteiger partial charge >= 0.3 is 6.18 Å². The average Bonchev–Trinajstić information content (AvgIpc) is 2.47. The minimum Gasteiger partial charge on any atom is -0.325 e. The second kappa shape index (κ2) is 5.83. The van der Waals surface area contributed by atoms with Gasteiger partial charge in [-0.2, -0.15) is 13.2 Å². The summed E-state index contributed by atoms with van der Waals surface area (Å²) in [4.78, 5) is 12.4. The Bertz CT molecular complexity index is 663. The van der Waals surface area contributed by atoms with Crippen molar-refractivity contribution in [2.24, 2.45) is 0 Å². The van der Waals surface area contributed by atoms with E-state index in [2.05, 4.69) is 5.32 Å². The Hall–Kier alpha value is -2.30. The lowest BCUT2D eigenvalue weighted by Gasteiger charge is -2.24. The van der Waals surface area contributed by atoms with Crippen LogP contribution in [0, 0.1) is 0 Å². The highest BCUT2D eigenvalue weighted by Crippen LogP contribution is 2.31. The number of nitrogens with one attached hydrogen (secondary N) is 1. The van der Waals surface area contributed by atoms with Gasteiger partial charge < -0.3 is 5.32 Å². The van der Waals surface area contributed by atoms with Crippen molar-refractivity contribution in [3.63, 3.8) is 0 Å². The van der Waals surface area contributed by atoms with Crippen molar-refractivity contribution in [3.8, 4) is 0 Å². The number of alkyl halides is 3.